The van der Waals surface area contributed by atoms with Crippen molar-refractivity contribution >= 4 is 33.2 Å². The predicted octanol–water partition coefficient (Wildman–Crippen LogP) is 4.60. The third-order valence-corrected chi connectivity index (χ3v) is 7.39. The van der Waals surface area contributed by atoms with Gasteiger partial charge < -0.3 is 10.1 Å². The van der Waals surface area contributed by atoms with Crippen LogP contribution in [0.25, 0.3) is 0 Å². The number of aryl methyl sites for hydroxylation is 2. The van der Waals surface area contributed by atoms with Crippen LogP contribution in [0.5, 0.6) is 5.75 Å². The molecule has 0 saturated carbocycles. The number of rotatable bonds is 10. The van der Waals surface area contributed by atoms with Gasteiger partial charge in [-0.2, -0.15) is 0 Å². The van der Waals surface area contributed by atoms with Gasteiger partial charge in [0, 0.05) is 11.6 Å². The van der Waals surface area contributed by atoms with Crippen LogP contribution >= 0.6 is 11.6 Å². The number of ether oxygens (including phenoxy) is 1. The Morgan fingerprint density at radius 2 is 1.73 bits per heavy atom. The van der Waals surface area contributed by atoms with Gasteiger partial charge in [-0.3, -0.25) is 9.10 Å². The average molecular weight is 487 g/mol. The molecule has 0 heterocycles. The lowest BCUT2D eigenvalue weighted by atomic mass is 10.1. The first-order valence-corrected chi connectivity index (χ1v) is 12.4. The number of halogens is 1. The van der Waals surface area contributed by atoms with Crippen LogP contribution in [0.15, 0.2) is 77.7 Å². The van der Waals surface area contributed by atoms with E-state index in [1.807, 2.05) is 31.2 Å². The molecule has 3 rings (SSSR count). The number of carbonyl (C=O) groups is 1. The van der Waals surface area contributed by atoms with Crippen LogP contribution in [-0.4, -0.2) is 34.5 Å². The van der Waals surface area contributed by atoms with Gasteiger partial charge in [-0.25, -0.2) is 8.42 Å². The second kappa shape index (κ2) is 11.2. The zero-order chi connectivity index (χ0) is 23.8. The number of nitrogens with zero attached hydrogens (tertiary/aromatic N) is 1. The summed E-state index contributed by atoms with van der Waals surface area (Å²) in [5.41, 5.74) is 2.20. The van der Waals surface area contributed by atoms with E-state index in [1.54, 1.807) is 43.5 Å². The summed E-state index contributed by atoms with van der Waals surface area (Å²) in [6.45, 7) is 1.88. The lowest BCUT2D eigenvalue weighted by molar-refractivity contribution is -0.119. The average Bonchev–Trinajstić information content (AvgIpc) is 2.83. The first-order chi connectivity index (χ1) is 15.8. The van der Waals surface area contributed by atoms with E-state index < -0.39 is 15.9 Å². The fraction of sp³-hybridized carbons (Fsp3) is 0.240. The predicted molar refractivity (Wildman–Crippen MR) is 131 cm³/mol. The molecule has 0 aliphatic rings. The molecule has 1 N–H and O–H groups in total. The molecule has 3 aromatic carbocycles. The Kier molecular flexibility index (Phi) is 8.36. The molecule has 0 unspecified atom stereocenters. The Balaban J connectivity index is 1.72. The van der Waals surface area contributed by atoms with Gasteiger partial charge in [0.1, 0.15) is 12.3 Å². The van der Waals surface area contributed by atoms with Crippen LogP contribution in [0, 0.1) is 6.92 Å². The summed E-state index contributed by atoms with van der Waals surface area (Å²) in [7, 11) is -2.34. The molecule has 8 heteroatoms. The highest BCUT2D eigenvalue weighted by Gasteiger charge is 2.27. The summed E-state index contributed by atoms with van der Waals surface area (Å²) in [6, 6.07) is 20.7. The number of carbonyl (C=O) groups excluding carboxylic acids is 1. The summed E-state index contributed by atoms with van der Waals surface area (Å²) in [6.07, 6.45) is 1.41. The first kappa shape index (κ1) is 24.6. The number of para-hydroxylation sites is 1. The van der Waals surface area contributed by atoms with Crippen LogP contribution in [0.2, 0.25) is 5.02 Å². The minimum absolute atomic E-state index is 0.102. The van der Waals surface area contributed by atoms with E-state index >= 15 is 0 Å². The van der Waals surface area contributed by atoms with Crippen LogP contribution in [0.4, 0.5) is 5.69 Å². The smallest absolute Gasteiger partial charge is 0.264 e. The molecule has 0 fully saturated rings. The van der Waals surface area contributed by atoms with Gasteiger partial charge in [0.05, 0.1) is 17.7 Å². The van der Waals surface area contributed by atoms with E-state index in [4.69, 9.17) is 16.3 Å². The molecule has 0 radical (unpaired) electrons. The molecule has 0 aliphatic carbocycles. The highest BCUT2D eigenvalue weighted by atomic mass is 35.5. The molecule has 0 spiro atoms. The van der Waals surface area contributed by atoms with Crippen molar-refractivity contribution < 1.29 is 17.9 Å². The Bertz CT molecular complexity index is 1200. The number of hydrogen-bond donors (Lipinski definition) is 1. The zero-order valence-electron chi connectivity index (χ0n) is 18.6. The van der Waals surface area contributed by atoms with E-state index in [-0.39, 0.29) is 11.4 Å². The van der Waals surface area contributed by atoms with Gasteiger partial charge >= 0.3 is 0 Å². The standard InChI is InChI=1S/C25H27ClN2O4S/c1-19-14-15-21(17-23(19)26)28(33(30,31)22-11-4-3-5-12-22)18-25(29)27-16-8-10-20-9-6-7-13-24(20)32-2/h3-7,9,11-15,17H,8,10,16,18H2,1-2H3,(H,27,29). The molecule has 3 aromatic rings. The number of methoxy groups -OCH3 is 1. The van der Waals surface area contributed by atoms with Crippen molar-refractivity contribution in [1.82, 2.24) is 5.32 Å². The second-order valence-electron chi connectivity index (χ2n) is 7.52. The minimum Gasteiger partial charge on any atom is -0.496 e. The van der Waals surface area contributed by atoms with E-state index in [1.165, 1.54) is 12.1 Å². The lowest BCUT2D eigenvalue weighted by Crippen LogP contribution is -2.41. The maximum Gasteiger partial charge on any atom is 0.264 e. The minimum atomic E-state index is -3.96. The highest BCUT2D eigenvalue weighted by molar-refractivity contribution is 7.92. The molecule has 174 valence electrons. The molecule has 1 amide bonds. The van der Waals surface area contributed by atoms with Crippen molar-refractivity contribution in [3.8, 4) is 5.75 Å². The largest absolute Gasteiger partial charge is 0.496 e. The van der Waals surface area contributed by atoms with E-state index in [2.05, 4.69) is 5.32 Å². The summed E-state index contributed by atoms with van der Waals surface area (Å²) >= 11 is 6.24. The topological polar surface area (TPSA) is 75.7 Å². The van der Waals surface area contributed by atoms with Gasteiger partial charge in [-0.15, -0.1) is 0 Å². The number of amides is 1. The van der Waals surface area contributed by atoms with Crippen molar-refractivity contribution in [2.75, 3.05) is 24.5 Å². The molecule has 0 aromatic heterocycles. The number of benzene rings is 3. The number of nitrogens with one attached hydrogen (secondary N) is 1. The van der Waals surface area contributed by atoms with E-state index in [0.717, 1.165) is 27.6 Å². The molecular weight excluding hydrogens is 460 g/mol. The number of anilines is 1. The summed E-state index contributed by atoms with van der Waals surface area (Å²) in [5.74, 6) is 0.409. The zero-order valence-corrected chi connectivity index (χ0v) is 20.2. The Morgan fingerprint density at radius 1 is 1.03 bits per heavy atom. The molecular formula is C25H27ClN2O4S. The van der Waals surface area contributed by atoms with Gasteiger partial charge in [0.15, 0.2) is 0 Å². The van der Waals surface area contributed by atoms with Gasteiger partial charge in [-0.1, -0.05) is 54.1 Å². The fourth-order valence-electron chi connectivity index (χ4n) is 3.37. The Morgan fingerprint density at radius 3 is 2.42 bits per heavy atom. The SMILES string of the molecule is COc1ccccc1CCCNC(=O)CN(c1ccc(C)c(Cl)c1)S(=O)(=O)c1ccccc1. The monoisotopic (exact) mass is 486 g/mol. The van der Waals surface area contributed by atoms with Crippen molar-refractivity contribution in [2.45, 2.75) is 24.7 Å². The molecule has 33 heavy (non-hydrogen) atoms. The number of sulfonamides is 1. The third-order valence-electron chi connectivity index (χ3n) is 5.20. The van der Waals surface area contributed by atoms with Crippen LogP contribution in [0.3, 0.4) is 0 Å². The van der Waals surface area contributed by atoms with Gasteiger partial charge in [0.25, 0.3) is 10.0 Å². The van der Waals surface area contributed by atoms with Gasteiger partial charge in [0.2, 0.25) is 5.91 Å². The maximum absolute atomic E-state index is 13.3. The van der Waals surface area contributed by atoms with Crippen LogP contribution in [0.1, 0.15) is 17.5 Å². The van der Waals surface area contributed by atoms with Crippen molar-refractivity contribution in [2.24, 2.45) is 0 Å². The van der Waals surface area contributed by atoms with Crippen LogP contribution in [-0.2, 0) is 21.2 Å². The quantitative estimate of drug-likeness (QED) is 0.425. The number of hydrogen-bond acceptors (Lipinski definition) is 4. The first-order valence-electron chi connectivity index (χ1n) is 10.6. The van der Waals surface area contributed by atoms with Gasteiger partial charge in [-0.05, 0) is 61.2 Å². The summed E-state index contributed by atoms with van der Waals surface area (Å²) in [4.78, 5) is 12.8. The second-order valence-corrected chi connectivity index (χ2v) is 9.79. The van der Waals surface area contributed by atoms with Crippen LogP contribution < -0.4 is 14.4 Å². The summed E-state index contributed by atoms with van der Waals surface area (Å²) < 4.78 is 33.1. The molecule has 0 bridgehead atoms. The molecule has 0 atom stereocenters. The lowest BCUT2D eigenvalue weighted by Gasteiger charge is -2.24. The Hall–Kier alpha value is -3.03. The third kappa shape index (κ3) is 6.27. The maximum atomic E-state index is 13.3. The normalized spacial score (nSPS) is 11.1. The molecule has 0 saturated heterocycles. The van der Waals surface area contributed by atoms with E-state index in [9.17, 15) is 13.2 Å². The summed E-state index contributed by atoms with van der Waals surface area (Å²) in [5, 5.41) is 3.25. The Labute approximate surface area is 200 Å². The van der Waals surface area contributed by atoms with Crippen molar-refractivity contribution in [3.05, 3.63) is 88.9 Å². The van der Waals surface area contributed by atoms with Crippen molar-refractivity contribution in [3.63, 3.8) is 0 Å². The molecule has 6 nitrogen and oxygen atoms in total. The fourth-order valence-corrected chi connectivity index (χ4v) is 4.98. The van der Waals surface area contributed by atoms with E-state index in [0.29, 0.717) is 23.7 Å². The van der Waals surface area contributed by atoms with Crippen molar-refractivity contribution in [1.29, 1.82) is 0 Å². The highest BCUT2D eigenvalue weighted by Crippen LogP contribution is 2.28. The molecule has 0 aliphatic heterocycles.